The molecule has 0 saturated carbocycles. The van der Waals surface area contributed by atoms with Crippen LogP contribution in [0.3, 0.4) is 0 Å². The molecule has 0 bridgehead atoms. The van der Waals surface area contributed by atoms with Crippen LogP contribution in [0.1, 0.15) is 13.8 Å². The number of hydrogen-bond donors (Lipinski definition) is 0. The highest BCUT2D eigenvalue weighted by molar-refractivity contribution is 8.05. The minimum absolute atomic E-state index is 0.512. The third-order valence-electron chi connectivity index (χ3n) is 2.65. The Kier molecular flexibility index (Phi) is 5.21. The van der Waals surface area contributed by atoms with Crippen molar-refractivity contribution in [2.45, 2.75) is 28.9 Å². The Balaban J connectivity index is 1.91. The first-order valence-electron chi connectivity index (χ1n) is 6.04. The molecular formula is C16H17S2. The van der Waals surface area contributed by atoms with Crippen LogP contribution in [0.2, 0.25) is 0 Å². The van der Waals surface area contributed by atoms with Gasteiger partial charge in [-0.2, -0.15) is 0 Å². The lowest BCUT2D eigenvalue weighted by atomic mass is 10.3. The molecule has 0 nitrogen and oxygen atoms in total. The van der Waals surface area contributed by atoms with Crippen LogP contribution < -0.4 is 0 Å². The second kappa shape index (κ2) is 6.91. The second-order valence-corrected chi connectivity index (χ2v) is 6.83. The summed E-state index contributed by atoms with van der Waals surface area (Å²) in [5.74, 6) is 0. The van der Waals surface area contributed by atoms with E-state index in [1.54, 1.807) is 0 Å². The summed E-state index contributed by atoms with van der Waals surface area (Å²) in [5, 5.41) is 1.95. The first kappa shape index (κ1) is 13.6. The third kappa shape index (κ3) is 4.11. The lowest BCUT2D eigenvalue weighted by molar-refractivity contribution is 1.07. The average molecular weight is 273 g/mol. The van der Waals surface area contributed by atoms with Crippen LogP contribution in [0, 0.1) is 5.25 Å². The summed E-state index contributed by atoms with van der Waals surface area (Å²) in [4.78, 5) is 2.65. The molecule has 93 valence electrons. The zero-order valence-electron chi connectivity index (χ0n) is 10.7. The molecule has 0 amide bonds. The van der Waals surface area contributed by atoms with Gasteiger partial charge in [-0.15, -0.1) is 23.5 Å². The van der Waals surface area contributed by atoms with Crippen LogP contribution >= 0.6 is 23.5 Å². The summed E-state index contributed by atoms with van der Waals surface area (Å²) in [6.45, 7) is 4.49. The van der Waals surface area contributed by atoms with Gasteiger partial charge in [0.2, 0.25) is 0 Å². The zero-order chi connectivity index (χ0) is 12.8. The number of benzene rings is 2. The molecule has 2 heteroatoms. The first-order valence-corrected chi connectivity index (χ1v) is 7.73. The molecule has 0 aliphatic rings. The van der Waals surface area contributed by atoms with Crippen molar-refractivity contribution in [2.24, 2.45) is 0 Å². The quantitative estimate of drug-likeness (QED) is 0.659. The van der Waals surface area contributed by atoms with Gasteiger partial charge in [0, 0.05) is 20.3 Å². The highest BCUT2D eigenvalue weighted by atomic mass is 32.2. The predicted molar refractivity (Wildman–Crippen MR) is 83.0 cm³/mol. The van der Waals surface area contributed by atoms with Crippen molar-refractivity contribution in [3.8, 4) is 0 Å². The predicted octanol–water partition coefficient (Wildman–Crippen LogP) is 5.51. The minimum atomic E-state index is 0.512. The van der Waals surface area contributed by atoms with Crippen molar-refractivity contribution in [3.63, 3.8) is 0 Å². The smallest absolute Gasteiger partial charge is 0.0456 e. The Labute approximate surface area is 118 Å². The van der Waals surface area contributed by atoms with Gasteiger partial charge in [-0.05, 0) is 31.2 Å². The van der Waals surface area contributed by atoms with Gasteiger partial charge in [0.1, 0.15) is 0 Å². The Bertz CT molecular complexity index is 408. The molecule has 0 heterocycles. The minimum Gasteiger partial charge on any atom is -0.122 e. The highest BCUT2D eigenvalue weighted by Crippen LogP contribution is 2.38. The zero-order valence-corrected chi connectivity index (χ0v) is 12.3. The maximum atomic E-state index is 2.27. The van der Waals surface area contributed by atoms with Crippen molar-refractivity contribution in [1.29, 1.82) is 0 Å². The molecule has 0 aromatic heterocycles. The van der Waals surface area contributed by atoms with E-state index in [0.29, 0.717) is 5.25 Å². The summed E-state index contributed by atoms with van der Waals surface area (Å²) in [7, 11) is 0. The van der Waals surface area contributed by atoms with Crippen molar-refractivity contribution in [1.82, 2.24) is 0 Å². The van der Waals surface area contributed by atoms with Gasteiger partial charge in [0.25, 0.3) is 0 Å². The molecule has 0 aliphatic carbocycles. The van der Waals surface area contributed by atoms with Gasteiger partial charge < -0.3 is 0 Å². The molecule has 2 aromatic carbocycles. The SMILES string of the molecule is C[C](Sc1ccccc1)C(C)Sc1ccccc1. The van der Waals surface area contributed by atoms with Crippen LogP contribution in [0.5, 0.6) is 0 Å². The lowest BCUT2D eigenvalue weighted by Crippen LogP contribution is -2.03. The van der Waals surface area contributed by atoms with E-state index in [0.717, 1.165) is 0 Å². The Hall–Kier alpha value is -0.860. The third-order valence-corrected chi connectivity index (χ3v) is 5.23. The van der Waals surface area contributed by atoms with Crippen LogP contribution in [-0.2, 0) is 0 Å². The van der Waals surface area contributed by atoms with Crippen LogP contribution in [-0.4, -0.2) is 5.25 Å². The van der Waals surface area contributed by atoms with Crippen molar-refractivity contribution < 1.29 is 0 Å². The van der Waals surface area contributed by atoms with Gasteiger partial charge in [-0.3, -0.25) is 0 Å². The maximum absolute atomic E-state index is 2.27. The van der Waals surface area contributed by atoms with E-state index in [1.165, 1.54) is 15.0 Å². The van der Waals surface area contributed by atoms with Crippen LogP contribution in [0.4, 0.5) is 0 Å². The number of rotatable bonds is 5. The van der Waals surface area contributed by atoms with E-state index in [2.05, 4.69) is 74.5 Å². The van der Waals surface area contributed by atoms with E-state index in [-0.39, 0.29) is 0 Å². The first-order chi connectivity index (χ1) is 8.75. The fourth-order valence-corrected chi connectivity index (χ4v) is 3.55. The van der Waals surface area contributed by atoms with Gasteiger partial charge in [-0.25, -0.2) is 0 Å². The normalized spacial score (nSPS) is 12.6. The molecule has 2 rings (SSSR count). The van der Waals surface area contributed by atoms with Crippen LogP contribution in [0.25, 0.3) is 0 Å². The largest absolute Gasteiger partial charge is 0.122 e. The van der Waals surface area contributed by atoms with E-state index in [4.69, 9.17) is 0 Å². The molecule has 2 aromatic rings. The molecule has 0 fully saturated rings. The van der Waals surface area contributed by atoms with E-state index in [9.17, 15) is 0 Å². The second-order valence-electron chi connectivity index (χ2n) is 4.10. The molecule has 0 saturated heterocycles. The Morgan fingerprint density at radius 1 is 0.833 bits per heavy atom. The molecule has 1 atom stereocenters. The molecule has 1 unspecified atom stereocenters. The lowest BCUT2D eigenvalue weighted by Gasteiger charge is -2.18. The van der Waals surface area contributed by atoms with Gasteiger partial charge >= 0.3 is 0 Å². The molecule has 0 N–H and O–H groups in total. The highest BCUT2D eigenvalue weighted by Gasteiger charge is 2.15. The molecule has 0 spiro atoms. The Morgan fingerprint density at radius 2 is 1.33 bits per heavy atom. The summed E-state index contributed by atoms with van der Waals surface area (Å²) < 4.78 is 0. The monoisotopic (exact) mass is 273 g/mol. The number of hydrogen-bond acceptors (Lipinski definition) is 2. The Morgan fingerprint density at radius 3 is 1.89 bits per heavy atom. The number of thioether (sulfide) groups is 2. The summed E-state index contributed by atoms with van der Waals surface area (Å²) in [6.07, 6.45) is 0. The maximum Gasteiger partial charge on any atom is 0.0456 e. The van der Waals surface area contributed by atoms with Gasteiger partial charge in [0.15, 0.2) is 0 Å². The fraction of sp³-hybridized carbons (Fsp3) is 0.188. The topological polar surface area (TPSA) is 0 Å². The van der Waals surface area contributed by atoms with E-state index < -0.39 is 0 Å². The summed E-state index contributed by atoms with van der Waals surface area (Å²) in [6, 6.07) is 21.1. The molecular weight excluding hydrogens is 256 g/mol. The summed E-state index contributed by atoms with van der Waals surface area (Å²) >= 11 is 3.78. The molecule has 1 radical (unpaired) electrons. The standard InChI is InChI=1S/C16H17S2/c1-13(17-15-9-5-3-6-10-15)14(2)18-16-11-7-4-8-12-16/h3-13H,1-2H3. The molecule has 0 aliphatic heterocycles. The van der Waals surface area contributed by atoms with Crippen molar-refractivity contribution >= 4 is 23.5 Å². The fourth-order valence-electron chi connectivity index (χ4n) is 1.54. The van der Waals surface area contributed by atoms with E-state index in [1.807, 2.05) is 23.5 Å². The van der Waals surface area contributed by atoms with Crippen LogP contribution in [0.15, 0.2) is 70.5 Å². The van der Waals surface area contributed by atoms with Gasteiger partial charge in [0.05, 0.1) is 0 Å². The van der Waals surface area contributed by atoms with E-state index >= 15 is 0 Å². The molecule has 18 heavy (non-hydrogen) atoms. The van der Waals surface area contributed by atoms with Gasteiger partial charge in [-0.1, -0.05) is 43.3 Å². The average Bonchev–Trinajstić information content (AvgIpc) is 2.41. The van der Waals surface area contributed by atoms with Crippen molar-refractivity contribution in [3.05, 3.63) is 65.9 Å². The summed E-state index contributed by atoms with van der Waals surface area (Å²) in [5.41, 5.74) is 0. The van der Waals surface area contributed by atoms with Crippen molar-refractivity contribution in [2.75, 3.05) is 0 Å².